The fraction of sp³-hybridized carbons (Fsp3) is 0.0500. The van der Waals surface area contributed by atoms with Crippen LogP contribution in [0.2, 0.25) is 0 Å². The maximum atomic E-state index is 9.25. The molecule has 0 atom stereocenters. The van der Waals surface area contributed by atoms with Crippen molar-refractivity contribution < 1.29 is 9.84 Å². The number of benzene rings is 3. The number of halogens is 1. The van der Waals surface area contributed by atoms with E-state index in [1.807, 2.05) is 48.5 Å². The summed E-state index contributed by atoms with van der Waals surface area (Å²) in [6.45, 7) is 0.536. The fourth-order valence-corrected chi connectivity index (χ4v) is 2.35. The second-order valence-corrected chi connectivity index (χ2v) is 6.17. The van der Waals surface area contributed by atoms with Crippen molar-refractivity contribution in [1.82, 2.24) is 0 Å². The first-order chi connectivity index (χ1) is 11.7. The molecule has 0 heterocycles. The molecule has 3 aromatic rings. The predicted molar refractivity (Wildman–Crippen MR) is 100 cm³/mol. The largest absolute Gasteiger partial charge is 0.508 e. The molecule has 0 bridgehead atoms. The minimum atomic E-state index is 0.237. The first-order valence-corrected chi connectivity index (χ1v) is 8.29. The SMILES string of the molecule is Oc1ccc(N=Cc2ccc(OCc3ccc(Br)cc3)cc2)cc1. The first kappa shape index (κ1) is 16.3. The van der Waals surface area contributed by atoms with Crippen molar-refractivity contribution >= 4 is 27.8 Å². The molecule has 0 aromatic heterocycles. The van der Waals surface area contributed by atoms with Crippen LogP contribution in [0.15, 0.2) is 82.3 Å². The highest BCUT2D eigenvalue weighted by Gasteiger charge is 1.97. The zero-order chi connectivity index (χ0) is 16.8. The lowest BCUT2D eigenvalue weighted by atomic mass is 10.2. The van der Waals surface area contributed by atoms with Gasteiger partial charge >= 0.3 is 0 Å². The number of phenolic OH excluding ortho intramolecular Hbond substituents is 1. The number of hydrogen-bond acceptors (Lipinski definition) is 3. The zero-order valence-corrected chi connectivity index (χ0v) is 14.5. The normalized spacial score (nSPS) is 10.9. The maximum Gasteiger partial charge on any atom is 0.119 e. The average molecular weight is 382 g/mol. The molecule has 3 rings (SSSR count). The summed E-state index contributed by atoms with van der Waals surface area (Å²) in [7, 11) is 0. The van der Waals surface area contributed by atoms with Gasteiger partial charge in [-0.3, -0.25) is 4.99 Å². The summed E-state index contributed by atoms with van der Waals surface area (Å²) in [5.41, 5.74) is 2.90. The third-order valence-corrected chi connectivity index (χ3v) is 3.94. The summed E-state index contributed by atoms with van der Waals surface area (Å²) in [5, 5.41) is 9.25. The number of hydrogen-bond donors (Lipinski definition) is 1. The predicted octanol–water partition coefficient (Wildman–Crippen LogP) is 5.48. The molecular formula is C20H16BrNO2. The first-order valence-electron chi connectivity index (χ1n) is 7.49. The standard InChI is InChI=1S/C20H16BrNO2/c21-17-5-1-16(2-6-17)14-24-20-11-3-15(4-12-20)13-22-18-7-9-19(23)10-8-18/h1-13,23H,14H2. The zero-order valence-electron chi connectivity index (χ0n) is 12.9. The van der Waals surface area contributed by atoms with E-state index < -0.39 is 0 Å². The van der Waals surface area contributed by atoms with Crippen LogP contribution in [0.5, 0.6) is 11.5 Å². The maximum absolute atomic E-state index is 9.25. The second-order valence-electron chi connectivity index (χ2n) is 5.26. The van der Waals surface area contributed by atoms with E-state index in [9.17, 15) is 5.11 Å². The lowest BCUT2D eigenvalue weighted by Crippen LogP contribution is -1.95. The molecular weight excluding hydrogens is 366 g/mol. The van der Waals surface area contributed by atoms with Crippen LogP contribution < -0.4 is 4.74 Å². The van der Waals surface area contributed by atoms with Crippen LogP contribution >= 0.6 is 15.9 Å². The van der Waals surface area contributed by atoms with Crippen LogP contribution in [0.4, 0.5) is 5.69 Å². The molecule has 0 fully saturated rings. The van der Waals surface area contributed by atoms with Crippen molar-refractivity contribution in [2.45, 2.75) is 6.61 Å². The smallest absolute Gasteiger partial charge is 0.119 e. The Labute approximate surface area is 149 Å². The van der Waals surface area contributed by atoms with Crippen molar-refractivity contribution in [3.05, 3.63) is 88.4 Å². The topological polar surface area (TPSA) is 41.8 Å². The Balaban J connectivity index is 1.58. The van der Waals surface area contributed by atoms with Gasteiger partial charge in [-0.2, -0.15) is 0 Å². The van der Waals surface area contributed by atoms with Crippen molar-refractivity contribution in [2.75, 3.05) is 0 Å². The van der Waals surface area contributed by atoms with Crippen LogP contribution in [0, 0.1) is 0 Å². The van der Waals surface area contributed by atoms with Crippen LogP contribution in [-0.4, -0.2) is 11.3 Å². The molecule has 0 spiro atoms. The summed E-state index contributed by atoms with van der Waals surface area (Å²) in [4.78, 5) is 4.37. The van der Waals surface area contributed by atoms with Crippen LogP contribution in [0.3, 0.4) is 0 Å². The van der Waals surface area contributed by atoms with Crippen molar-refractivity contribution in [3.8, 4) is 11.5 Å². The minimum Gasteiger partial charge on any atom is -0.508 e. The van der Waals surface area contributed by atoms with Gasteiger partial charge in [0.2, 0.25) is 0 Å². The van der Waals surface area contributed by atoms with Crippen molar-refractivity contribution in [2.24, 2.45) is 4.99 Å². The summed E-state index contributed by atoms with van der Waals surface area (Å²) in [6.07, 6.45) is 1.78. The molecule has 0 radical (unpaired) electrons. The Kier molecular flexibility index (Phi) is 5.29. The molecule has 3 aromatic carbocycles. The van der Waals surface area contributed by atoms with E-state index in [1.54, 1.807) is 30.5 Å². The van der Waals surface area contributed by atoms with Gasteiger partial charge in [0.1, 0.15) is 18.1 Å². The van der Waals surface area contributed by atoms with E-state index in [1.165, 1.54) is 0 Å². The van der Waals surface area contributed by atoms with Crippen LogP contribution in [0.1, 0.15) is 11.1 Å². The lowest BCUT2D eigenvalue weighted by Gasteiger charge is -2.06. The second kappa shape index (κ2) is 7.79. The molecule has 120 valence electrons. The summed E-state index contributed by atoms with van der Waals surface area (Å²) < 4.78 is 6.83. The number of ether oxygens (including phenoxy) is 1. The number of rotatable bonds is 5. The van der Waals surface area contributed by atoms with Gasteiger partial charge in [-0.05, 0) is 71.8 Å². The van der Waals surface area contributed by atoms with E-state index in [0.29, 0.717) is 6.61 Å². The molecule has 0 unspecified atom stereocenters. The highest BCUT2D eigenvalue weighted by molar-refractivity contribution is 9.10. The highest BCUT2D eigenvalue weighted by atomic mass is 79.9. The molecule has 0 amide bonds. The quantitative estimate of drug-likeness (QED) is 0.594. The molecule has 0 saturated heterocycles. The molecule has 4 heteroatoms. The molecule has 24 heavy (non-hydrogen) atoms. The van der Waals surface area contributed by atoms with Gasteiger partial charge in [0.15, 0.2) is 0 Å². The van der Waals surface area contributed by atoms with Crippen molar-refractivity contribution in [3.63, 3.8) is 0 Å². The Morgan fingerprint density at radius 1 is 0.875 bits per heavy atom. The monoisotopic (exact) mass is 381 g/mol. The summed E-state index contributed by atoms with van der Waals surface area (Å²) in [5.74, 6) is 1.06. The number of phenols is 1. The van der Waals surface area contributed by atoms with Crippen molar-refractivity contribution in [1.29, 1.82) is 0 Å². The van der Waals surface area contributed by atoms with E-state index in [2.05, 4.69) is 20.9 Å². The third kappa shape index (κ3) is 4.70. The molecule has 0 saturated carbocycles. The van der Waals surface area contributed by atoms with Gasteiger partial charge in [-0.1, -0.05) is 28.1 Å². The lowest BCUT2D eigenvalue weighted by molar-refractivity contribution is 0.306. The third-order valence-electron chi connectivity index (χ3n) is 3.41. The average Bonchev–Trinajstić information content (AvgIpc) is 2.62. The van der Waals surface area contributed by atoms with Gasteiger partial charge in [-0.15, -0.1) is 0 Å². The Morgan fingerprint density at radius 3 is 2.21 bits per heavy atom. The Bertz CT molecular complexity index is 810. The summed E-state index contributed by atoms with van der Waals surface area (Å²) >= 11 is 3.42. The number of aliphatic imine (C=N–C) groups is 1. The van der Waals surface area contributed by atoms with Gasteiger partial charge in [0, 0.05) is 10.7 Å². The van der Waals surface area contributed by atoms with E-state index in [4.69, 9.17) is 4.74 Å². The molecule has 0 aliphatic carbocycles. The Hall–Kier alpha value is -2.59. The number of aromatic hydroxyl groups is 1. The van der Waals surface area contributed by atoms with E-state index in [-0.39, 0.29) is 5.75 Å². The molecule has 0 aliphatic heterocycles. The van der Waals surface area contributed by atoms with Crippen LogP contribution in [-0.2, 0) is 6.61 Å². The number of nitrogens with zero attached hydrogens (tertiary/aromatic N) is 1. The fourth-order valence-electron chi connectivity index (χ4n) is 2.09. The highest BCUT2D eigenvalue weighted by Crippen LogP contribution is 2.18. The molecule has 1 N–H and O–H groups in total. The van der Waals surface area contributed by atoms with Gasteiger partial charge < -0.3 is 9.84 Å². The van der Waals surface area contributed by atoms with E-state index in [0.717, 1.165) is 27.0 Å². The van der Waals surface area contributed by atoms with Gasteiger partial charge in [0.05, 0.1) is 5.69 Å². The summed E-state index contributed by atoms with van der Waals surface area (Å²) in [6, 6.07) is 22.6. The van der Waals surface area contributed by atoms with Crippen LogP contribution in [0.25, 0.3) is 0 Å². The Morgan fingerprint density at radius 2 is 1.54 bits per heavy atom. The minimum absolute atomic E-state index is 0.237. The van der Waals surface area contributed by atoms with Gasteiger partial charge in [0.25, 0.3) is 0 Å². The van der Waals surface area contributed by atoms with Gasteiger partial charge in [-0.25, -0.2) is 0 Å². The molecule has 3 nitrogen and oxygen atoms in total. The van der Waals surface area contributed by atoms with E-state index >= 15 is 0 Å². The molecule has 0 aliphatic rings.